The lowest BCUT2D eigenvalue weighted by atomic mass is 10.6. The minimum absolute atomic E-state index is 0.490. The maximum Gasteiger partial charge on any atom is 0.157 e. The minimum Gasteiger partial charge on any atom is -0.302 e. The van der Waals surface area contributed by atoms with Crippen LogP contribution in [0.5, 0.6) is 0 Å². The molecule has 0 saturated heterocycles. The Morgan fingerprint density at radius 1 is 1.43 bits per heavy atom. The molecule has 3 aromatic heterocycles. The standard InChI is InChI=1S/C8H3BrClN3S/c9-4-1-2-13-5-6(10)11-3-12-7(5)14-8(4)13/h1-3H. The van der Waals surface area contributed by atoms with Gasteiger partial charge in [-0.1, -0.05) is 22.9 Å². The number of rotatable bonds is 0. The zero-order chi connectivity index (χ0) is 9.71. The minimum atomic E-state index is 0.490. The molecule has 3 nitrogen and oxygen atoms in total. The quantitative estimate of drug-likeness (QED) is 0.594. The van der Waals surface area contributed by atoms with Crippen molar-refractivity contribution in [2.45, 2.75) is 0 Å². The van der Waals surface area contributed by atoms with Crippen LogP contribution in [0.25, 0.3) is 15.2 Å². The molecular weight excluding hydrogens is 286 g/mol. The second kappa shape index (κ2) is 2.92. The normalized spacial score (nSPS) is 11.6. The summed E-state index contributed by atoms with van der Waals surface area (Å²) >= 11 is 11.1. The van der Waals surface area contributed by atoms with Gasteiger partial charge >= 0.3 is 0 Å². The molecule has 3 rings (SSSR count). The molecule has 14 heavy (non-hydrogen) atoms. The van der Waals surface area contributed by atoms with E-state index in [1.165, 1.54) is 6.33 Å². The van der Waals surface area contributed by atoms with E-state index in [0.717, 1.165) is 19.7 Å². The number of hydrogen-bond donors (Lipinski definition) is 0. The van der Waals surface area contributed by atoms with Crippen molar-refractivity contribution in [2.24, 2.45) is 0 Å². The molecular formula is C8H3BrClN3S. The summed E-state index contributed by atoms with van der Waals surface area (Å²) in [5, 5.41) is 0.490. The fourth-order valence-electron chi connectivity index (χ4n) is 1.38. The number of hydrogen-bond acceptors (Lipinski definition) is 3. The predicted molar refractivity (Wildman–Crippen MR) is 61.1 cm³/mol. The van der Waals surface area contributed by atoms with Crippen LogP contribution in [0.4, 0.5) is 0 Å². The lowest BCUT2D eigenvalue weighted by Crippen LogP contribution is -1.83. The third-order valence-electron chi connectivity index (χ3n) is 1.97. The van der Waals surface area contributed by atoms with Crippen LogP contribution in [-0.2, 0) is 0 Å². The van der Waals surface area contributed by atoms with Gasteiger partial charge in [0.2, 0.25) is 0 Å². The van der Waals surface area contributed by atoms with Crippen LogP contribution < -0.4 is 0 Å². The van der Waals surface area contributed by atoms with E-state index in [9.17, 15) is 0 Å². The Hall–Kier alpha value is -0.650. The maximum absolute atomic E-state index is 6.01. The van der Waals surface area contributed by atoms with Gasteiger partial charge in [0.25, 0.3) is 0 Å². The average Bonchev–Trinajstić information content (AvgIpc) is 2.68. The van der Waals surface area contributed by atoms with Crippen molar-refractivity contribution >= 4 is 54.0 Å². The van der Waals surface area contributed by atoms with E-state index in [0.29, 0.717) is 5.15 Å². The summed E-state index contributed by atoms with van der Waals surface area (Å²) in [6, 6.07) is 1.98. The van der Waals surface area contributed by atoms with Crippen LogP contribution in [0.3, 0.4) is 0 Å². The topological polar surface area (TPSA) is 30.2 Å². The van der Waals surface area contributed by atoms with E-state index in [4.69, 9.17) is 11.6 Å². The van der Waals surface area contributed by atoms with Crippen molar-refractivity contribution in [3.63, 3.8) is 0 Å². The molecule has 70 valence electrons. The molecule has 0 saturated carbocycles. The lowest BCUT2D eigenvalue weighted by molar-refractivity contribution is 1.19. The highest BCUT2D eigenvalue weighted by molar-refractivity contribution is 9.10. The molecule has 0 aromatic carbocycles. The zero-order valence-corrected chi connectivity index (χ0v) is 9.90. The molecule has 0 N–H and O–H groups in total. The summed E-state index contributed by atoms with van der Waals surface area (Å²) in [6.45, 7) is 0. The van der Waals surface area contributed by atoms with Crippen molar-refractivity contribution in [3.8, 4) is 0 Å². The van der Waals surface area contributed by atoms with Crippen LogP contribution in [0.1, 0.15) is 0 Å². The summed E-state index contributed by atoms with van der Waals surface area (Å²) in [5.74, 6) is 0. The second-order valence-corrected chi connectivity index (χ2v) is 4.95. The molecule has 0 bridgehead atoms. The van der Waals surface area contributed by atoms with Gasteiger partial charge in [0.15, 0.2) is 5.15 Å². The van der Waals surface area contributed by atoms with Crippen LogP contribution in [0.2, 0.25) is 5.15 Å². The SMILES string of the molecule is Clc1ncnc2sc3c(Br)ccn3c12. The van der Waals surface area contributed by atoms with Gasteiger partial charge in [-0.25, -0.2) is 9.97 Å². The Morgan fingerprint density at radius 3 is 3.14 bits per heavy atom. The number of nitrogens with zero attached hydrogens (tertiary/aromatic N) is 3. The molecule has 0 fully saturated rings. The van der Waals surface area contributed by atoms with Crippen molar-refractivity contribution < 1.29 is 0 Å². The van der Waals surface area contributed by atoms with Gasteiger partial charge in [-0.15, -0.1) is 0 Å². The predicted octanol–water partition coefficient (Wildman–Crippen LogP) is 3.36. The summed E-state index contributed by atoms with van der Waals surface area (Å²) in [6.07, 6.45) is 3.43. The summed E-state index contributed by atoms with van der Waals surface area (Å²) in [4.78, 5) is 10.1. The number of thiazole rings is 1. The van der Waals surface area contributed by atoms with Gasteiger partial charge in [0.05, 0.1) is 4.47 Å². The van der Waals surface area contributed by atoms with E-state index in [2.05, 4.69) is 25.9 Å². The van der Waals surface area contributed by atoms with Crippen molar-refractivity contribution in [1.82, 2.24) is 14.4 Å². The first kappa shape index (κ1) is 8.64. The molecule has 0 aliphatic carbocycles. The van der Waals surface area contributed by atoms with Crippen LogP contribution in [0.15, 0.2) is 23.1 Å². The lowest BCUT2D eigenvalue weighted by Gasteiger charge is -1.91. The number of halogens is 2. The smallest absolute Gasteiger partial charge is 0.157 e. The van der Waals surface area contributed by atoms with Crippen molar-refractivity contribution in [3.05, 3.63) is 28.2 Å². The molecule has 0 spiro atoms. The molecule has 3 heterocycles. The molecule has 0 aliphatic rings. The van der Waals surface area contributed by atoms with Crippen molar-refractivity contribution in [1.29, 1.82) is 0 Å². The zero-order valence-electron chi connectivity index (χ0n) is 6.74. The fourth-order valence-corrected chi connectivity index (χ4v) is 3.20. The molecule has 6 heteroatoms. The Labute approximate surface area is 96.5 Å². The van der Waals surface area contributed by atoms with Gasteiger partial charge in [-0.3, -0.25) is 0 Å². The van der Waals surface area contributed by atoms with Gasteiger partial charge in [0.1, 0.15) is 21.5 Å². The van der Waals surface area contributed by atoms with Gasteiger partial charge in [-0.2, -0.15) is 0 Å². The van der Waals surface area contributed by atoms with E-state index in [1.807, 2.05) is 16.7 Å². The molecule has 0 atom stereocenters. The first-order valence-electron chi connectivity index (χ1n) is 3.83. The molecule has 3 aromatic rings. The third-order valence-corrected chi connectivity index (χ3v) is 4.25. The highest BCUT2D eigenvalue weighted by atomic mass is 79.9. The molecule has 0 unspecified atom stereocenters. The van der Waals surface area contributed by atoms with E-state index in [-0.39, 0.29) is 0 Å². The third kappa shape index (κ3) is 1.03. The van der Waals surface area contributed by atoms with Gasteiger partial charge in [0, 0.05) is 6.20 Å². The molecule has 0 aliphatic heterocycles. The molecule has 0 radical (unpaired) electrons. The Kier molecular flexibility index (Phi) is 1.80. The second-order valence-electron chi connectivity index (χ2n) is 2.76. The Morgan fingerprint density at radius 2 is 2.29 bits per heavy atom. The Bertz CT molecular complexity index is 630. The monoisotopic (exact) mass is 287 g/mol. The fraction of sp³-hybridized carbons (Fsp3) is 0. The summed E-state index contributed by atoms with van der Waals surface area (Å²) in [5.41, 5.74) is 0.875. The van der Waals surface area contributed by atoms with Crippen LogP contribution in [-0.4, -0.2) is 14.4 Å². The van der Waals surface area contributed by atoms with Crippen molar-refractivity contribution in [2.75, 3.05) is 0 Å². The van der Waals surface area contributed by atoms with Crippen LogP contribution in [0, 0.1) is 0 Å². The highest BCUT2D eigenvalue weighted by Gasteiger charge is 2.11. The van der Waals surface area contributed by atoms with E-state index in [1.54, 1.807) is 11.3 Å². The van der Waals surface area contributed by atoms with Gasteiger partial charge in [-0.05, 0) is 22.0 Å². The van der Waals surface area contributed by atoms with Gasteiger partial charge < -0.3 is 4.40 Å². The average molecular weight is 289 g/mol. The van der Waals surface area contributed by atoms with E-state index >= 15 is 0 Å². The Balaban J connectivity index is 2.65. The summed E-state index contributed by atoms with van der Waals surface area (Å²) < 4.78 is 3.04. The molecule has 0 amide bonds. The maximum atomic E-state index is 6.01. The summed E-state index contributed by atoms with van der Waals surface area (Å²) in [7, 11) is 0. The first-order chi connectivity index (χ1) is 6.77. The first-order valence-corrected chi connectivity index (χ1v) is 5.81. The largest absolute Gasteiger partial charge is 0.302 e. The van der Waals surface area contributed by atoms with E-state index < -0.39 is 0 Å². The number of aromatic nitrogens is 3. The highest BCUT2D eigenvalue weighted by Crippen LogP contribution is 2.33. The number of fused-ring (bicyclic) bond motifs is 3. The van der Waals surface area contributed by atoms with Crippen LogP contribution >= 0.6 is 38.9 Å².